The van der Waals surface area contributed by atoms with Crippen LogP contribution in [0.1, 0.15) is 34.3 Å². The van der Waals surface area contributed by atoms with Crippen LogP contribution in [0.15, 0.2) is 54.6 Å². The molecule has 158 valence electrons. The fourth-order valence-electron chi connectivity index (χ4n) is 3.57. The molecule has 3 N–H and O–H groups in total. The van der Waals surface area contributed by atoms with Crippen LogP contribution in [0.2, 0.25) is 0 Å². The van der Waals surface area contributed by atoms with E-state index in [1.54, 1.807) is 0 Å². The molecule has 1 fully saturated rings. The summed E-state index contributed by atoms with van der Waals surface area (Å²) in [4.78, 5) is 17.2. The maximum absolute atomic E-state index is 12.1. The van der Waals surface area contributed by atoms with E-state index in [-0.39, 0.29) is 18.3 Å². The summed E-state index contributed by atoms with van der Waals surface area (Å²) in [6.45, 7) is 7.91. The SMILES string of the molecule is Cl.NCc1ccc(C(=O)NCCCCN2CCN(Cc3ccccc3)CC2)cc1. The third-order valence-electron chi connectivity index (χ3n) is 5.35. The molecule has 2 aromatic carbocycles. The number of benzene rings is 2. The molecular formula is C23H33ClN4O. The van der Waals surface area contributed by atoms with Crippen molar-refractivity contribution >= 4 is 18.3 Å². The highest BCUT2D eigenvalue weighted by atomic mass is 35.5. The number of nitrogens with one attached hydrogen (secondary N) is 1. The Morgan fingerprint density at radius 1 is 0.862 bits per heavy atom. The van der Waals surface area contributed by atoms with Gasteiger partial charge in [-0.25, -0.2) is 0 Å². The van der Waals surface area contributed by atoms with Crippen molar-refractivity contribution < 1.29 is 4.79 Å². The van der Waals surface area contributed by atoms with Crippen LogP contribution in [-0.4, -0.2) is 55.0 Å². The minimum absolute atomic E-state index is 0. The molecule has 0 unspecified atom stereocenters. The Labute approximate surface area is 180 Å². The van der Waals surface area contributed by atoms with E-state index in [1.165, 1.54) is 5.56 Å². The topological polar surface area (TPSA) is 61.6 Å². The quantitative estimate of drug-likeness (QED) is 0.617. The van der Waals surface area contributed by atoms with Gasteiger partial charge in [-0.2, -0.15) is 0 Å². The van der Waals surface area contributed by atoms with Crippen LogP contribution in [0.3, 0.4) is 0 Å². The average Bonchev–Trinajstić information content (AvgIpc) is 2.75. The zero-order valence-electron chi connectivity index (χ0n) is 17.1. The first-order chi connectivity index (χ1) is 13.7. The van der Waals surface area contributed by atoms with Gasteiger partial charge in [0.2, 0.25) is 0 Å². The monoisotopic (exact) mass is 416 g/mol. The van der Waals surface area contributed by atoms with Crippen LogP contribution in [-0.2, 0) is 13.1 Å². The molecule has 3 rings (SSSR count). The number of amides is 1. The van der Waals surface area contributed by atoms with E-state index in [0.717, 1.165) is 64.2 Å². The van der Waals surface area contributed by atoms with Crippen molar-refractivity contribution in [2.24, 2.45) is 5.73 Å². The molecule has 1 heterocycles. The standard InChI is InChI=1S/C23H32N4O.ClH/c24-18-20-8-10-22(11-9-20)23(28)25-12-4-5-13-26-14-16-27(17-15-26)19-21-6-2-1-3-7-21;/h1-3,6-11H,4-5,12-19,24H2,(H,25,28);1H. The van der Waals surface area contributed by atoms with Gasteiger partial charge in [0, 0.05) is 51.4 Å². The fraction of sp³-hybridized carbons (Fsp3) is 0.435. The molecule has 0 saturated carbocycles. The Balaban J connectivity index is 0.00000300. The van der Waals surface area contributed by atoms with E-state index in [1.807, 2.05) is 24.3 Å². The molecule has 0 spiro atoms. The summed E-state index contributed by atoms with van der Waals surface area (Å²) in [5, 5.41) is 3.01. The summed E-state index contributed by atoms with van der Waals surface area (Å²) in [5.41, 5.74) is 8.72. The predicted molar refractivity (Wildman–Crippen MR) is 121 cm³/mol. The molecular weight excluding hydrogens is 384 g/mol. The second kappa shape index (κ2) is 12.6. The first-order valence-corrected chi connectivity index (χ1v) is 10.3. The van der Waals surface area contributed by atoms with Crippen LogP contribution in [0, 0.1) is 0 Å². The van der Waals surface area contributed by atoms with Gasteiger partial charge in [0.1, 0.15) is 0 Å². The Bertz CT molecular complexity index is 715. The van der Waals surface area contributed by atoms with Crippen molar-refractivity contribution in [1.29, 1.82) is 0 Å². The van der Waals surface area contributed by atoms with Crippen LogP contribution < -0.4 is 11.1 Å². The predicted octanol–water partition coefficient (Wildman–Crippen LogP) is 2.89. The molecule has 6 heteroatoms. The molecule has 1 aliphatic rings. The fourth-order valence-corrected chi connectivity index (χ4v) is 3.57. The lowest BCUT2D eigenvalue weighted by Gasteiger charge is -2.34. The third-order valence-corrected chi connectivity index (χ3v) is 5.35. The summed E-state index contributed by atoms with van der Waals surface area (Å²) >= 11 is 0. The summed E-state index contributed by atoms with van der Waals surface area (Å²) < 4.78 is 0. The Hall–Kier alpha value is -1.92. The van der Waals surface area contributed by atoms with Gasteiger partial charge in [0.05, 0.1) is 0 Å². The summed E-state index contributed by atoms with van der Waals surface area (Å²) in [6.07, 6.45) is 2.13. The van der Waals surface area contributed by atoms with Gasteiger partial charge < -0.3 is 16.0 Å². The highest BCUT2D eigenvalue weighted by Gasteiger charge is 2.16. The normalized spacial score (nSPS) is 14.9. The first-order valence-electron chi connectivity index (χ1n) is 10.3. The molecule has 0 aliphatic carbocycles. The lowest BCUT2D eigenvalue weighted by Crippen LogP contribution is -2.46. The smallest absolute Gasteiger partial charge is 0.251 e. The Morgan fingerprint density at radius 3 is 2.17 bits per heavy atom. The van der Waals surface area contributed by atoms with Gasteiger partial charge in [-0.05, 0) is 42.6 Å². The van der Waals surface area contributed by atoms with Gasteiger partial charge in [-0.1, -0.05) is 42.5 Å². The second-order valence-electron chi connectivity index (χ2n) is 7.47. The van der Waals surface area contributed by atoms with Crippen molar-refractivity contribution in [2.75, 3.05) is 39.3 Å². The molecule has 0 bridgehead atoms. The molecule has 1 aliphatic heterocycles. The third kappa shape index (κ3) is 7.78. The number of nitrogens with two attached hydrogens (primary N) is 1. The van der Waals surface area contributed by atoms with E-state index in [0.29, 0.717) is 12.1 Å². The summed E-state index contributed by atoms with van der Waals surface area (Å²) in [7, 11) is 0. The van der Waals surface area contributed by atoms with Gasteiger partial charge in [0.15, 0.2) is 0 Å². The molecule has 1 amide bonds. The molecule has 0 radical (unpaired) electrons. The van der Waals surface area contributed by atoms with Crippen molar-refractivity contribution in [2.45, 2.75) is 25.9 Å². The van der Waals surface area contributed by atoms with Crippen LogP contribution in [0.4, 0.5) is 0 Å². The number of piperazine rings is 1. The number of hydrogen-bond donors (Lipinski definition) is 2. The number of carbonyl (C=O) groups is 1. The van der Waals surface area contributed by atoms with Crippen molar-refractivity contribution in [3.63, 3.8) is 0 Å². The van der Waals surface area contributed by atoms with Gasteiger partial charge in [-0.15, -0.1) is 12.4 Å². The van der Waals surface area contributed by atoms with Crippen LogP contribution in [0.5, 0.6) is 0 Å². The Kier molecular flexibility index (Phi) is 10.2. The number of halogens is 1. The Morgan fingerprint density at radius 2 is 1.52 bits per heavy atom. The van der Waals surface area contributed by atoms with Crippen LogP contribution in [0.25, 0.3) is 0 Å². The molecule has 0 aromatic heterocycles. The van der Waals surface area contributed by atoms with Crippen molar-refractivity contribution in [3.8, 4) is 0 Å². The van der Waals surface area contributed by atoms with E-state index in [4.69, 9.17) is 5.73 Å². The number of unbranched alkanes of at least 4 members (excludes halogenated alkanes) is 1. The lowest BCUT2D eigenvalue weighted by atomic mass is 10.1. The molecule has 0 atom stereocenters. The maximum Gasteiger partial charge on any atom is 0.251 e. The number of hydrogen-bond acceptors (Lipinski definition) is 4. The van der Waals surface area contributed by atoms with Gasteiger partial charge in [0.25, 0.3) is 5.91 Å². The number of rotatable bonds is 9. The lowest BCUT2D eigenvalue weighted by molar-refractivity contribution is 0.0951. The van der Waals surface area contributed by atoms with E-state index >= 15 is 0 Å². The number of nitrogens with zero attached hydrogens (tertiary/aromatic N) is 2. The van der Waals surface area contributed by atoms with Crippen molar-refractivity contribution in [3.05, 3.63) is 71.3 Å². The molecule has 5 nitrogen and oxygen atoms in total. The highest BCUT2D eigenvalue weighted by Crippen LogP contribution is 2.09. The maximum atomic E-state index is 12.1. The number of carbonyl (C=O) groups excluding carboxylic acids is 1. The summed E-state index contributed by atoms with van der Waals surface area (Å²) in [6, 6.07) is 18.2. The second-order valence-corrected chi connectivity index (χ2v) is 7.47. The van der Waals surface area contributed by atoms with Crippen LogP contribution >= 0.6 is 12.4 Å². The van der Waals surface area contributed by atoms with E-state index in [2.05, 4.69) is 45.4 Å². The zero-order chi connectivity index (χ0) is 19.6. The molecule has 1 saturated heterocycles. The summed E-state index contributed by atoms with van der Waals surface area (Å²) in [5.74, 6) is -0.00176. The molecule has 29 heavy (non-hydrogen) atoms. The minimum Gasteiger partial charge on any atom is -0.352 e. The zero-order valence-corrected chi connectivity index (χ0v) is 17.9. The highest BCUT2D eigenvalue weighted by molar-refractivity contribution is 5.94. The van der Waals surface area contributed by atoms with E-state index < -0.39 is 0 Å². The van der Waals surface area contributed by atoms with Gasteiger partial charge in [-0.3, -0.25) is 9.69 Å². The largest absolute Gasteiger partial charge is 0.352 e. The first kappa shape index (κ1) is 23.4. The van der Waals surface area contributed by atoms with Crippen molar-refractivity contribution in [1.82, 2.24) is 15.1 Å². The van der Waals surface area contributed by atoms with E-state index in [9.17, 15) is 4.79 Å². The molecule has 2 aromatic rings. The average molecular weight is 417 g/mol. The minimum atomic E-state index is -0.00176. The van der Waals surface area contributed by atoms with Gasteiger partial charge >= 0.3 is 0 Å².